The van der Waals surface area contributed by atoms with Crippen LogP contribution >= 0.6 is 11.6 Å². The Hall–Kier alpha value is -0.610. The van der Waals surface area contributed by atoms with Crippen LogP contribution in [0.25, 0.3) is 0 Å². The number of hydrogen-bond donors (Lipinski definition) is 1. The summed E-state index contributed by atoms with van der Waals surface area (Å²) in [5.41, 5.74) is 1.49. The molecule has 1 fully saturated rings. The van der Waals surface area contributed by atoms with Crippen LogP contribution in [0.1, 0.15) is 25.0 Å². The van der Waals surface area contributed by atoms with Gasteiger partial charge in [0, 0.05) is 32.2 Å². The second kappa shape index (κ2) is 4.49. The highest BCUT2D eigenvalue weighted by molar-refractivity contribution is 6.17. The van der Waals surface area contributed by atoms with Crippen LogP contribution in [-0.2, 0) is 13.6 Å². The molecule has 0 aliphatic heterocycles. The van der Waals surface area contributed by atoms with Crippen molar-refractivity contribution in [2.45, 2.75) is 25.8 Å². The molecule has 2 rings (SSSR count). The Balaban J connectivity index is 1.71. The highest BCUT2D eigenvalue weighted by Crippen LogP contribution is 2.48. The normalized spacial score (nSPS) is 18.0. The highest BCUT2D eigenvalue weighted by atomic mass is 35.5. The maximum Gasteiger partial charge on any atom is 0.0964 e. The molecule has 1 aromatic heterocycles. The molecule has 1 aliphatic carbocycles. The van der Waals surface area contributed by atoms with E-state index in [0.29, 0.717) is 5.41 Å². The third kappa shape index (κ3) is 2.92. The van der Waals surface area contributed by atoms with Crippen LogP contribution in [0.2, 0.25) is 0 Å². The average molecular weight is 229 g/mol. The monoisotopic (exact) mass is 228 g/mol. The first kappa shape index (κ1) is 10.9. The van der Waals surface area contributed by atoms with Gasteiger partial charge in [0.25, 0.3) is 0 Å². The molecule has 0 amide bonds. The fourth-order valence-corrected chi connectivity index (χ4v) is 2.23. The molecular weight excluding hydrogens is 212 g/mol. The van der Waals surface area contributed by atoms with Gasteiger partial charge in [-0.1, -0.05) is 5.21 Å². The molecule has 1 saturated carbocycles. The summed E-state index contributed by atoms with van der Waals surface area (Å²) in [6.07, 6.45) is 5.69. The fourth-order valence-electron chi connectivity index (χ4n) is 1.82. The third-order valence-electron chi connectivity index (χ3n) is 3.04. The van der Waals surface area contributed by atoms with Gasteiger partial charge in [0.1, 0.15) is 0 Å². The first-order valence-corrected chi connectivity index (χ1v) is 5.89. The van der Waals surface area contributed by atoms with Crippen molar-refractivity contribution in [1.82, 2.24) is 20.3 Å². The van der Waals surface area contributed by atoms with Crippen molar-refractivity contribution in [3.8, 4) is 0 Å². The van der Waals surface area contributed by atoms with Crippen LogP contribution in [0.4, 0.5) is 0 Å². The fraction of sp³-hybridized carbons (Fsp3) is 0.800. The Kier molecular flexibility index (Phi) is 3.26. The maximum atomic E-state index is 5.77. The van der Waals surface area contributed by atoms with E-state index in [2.05, 4.69) is 15.6 Å². The number of halogens is 1. The van der Waals surface area contributed by atoms with E-state index in [9.17, 15) is 0 Å². The Morgan fingerprint density at radius 2 is 2.40 bits per heavy atom. The van der Waals surface area contributed by atoms with Crippen molar-refractivity contribution in [3.63, 3.8) is 0 Å². The molecular formula is C10H17ClN4. The zero-order valence-corrected chi connectivity index (χ0v) is 9.80. The highest BCUT2D eigenvalue weighted by Gasteiger charge is 2.41. The van der Waals surface area contributed by atoms with E-state index in [1.54, 1.807) is 4.68 Å². The van der Waals surface area contributed by atoms with Gasteiger partial charge in [-0.25, -0.2) is 0 Å². The average Bonchev–Trinajstić information content (AvgIpc) is 2.83. The summed E-state index contributed by atoms with van der Waals surface area (Å²) in [5, 5.41) is 11.3. The number of hydrogen-bond acceptors (Lipinski definition) is 3. The summed E-state index contributed by atoms with van der Waals surface area (Å²) >= 11 is 5.77. The van der Waals surface area contributed by atoms with Crippen LogP contribution in [0.3, 0.4) is 0 Å². The lowest BCUT2D eigenvalue weighted by Crippen LogP contribution is -2.24. The van der Waals surface area contributed by atoms with E-state index in [1.807, 2.05) is 13.2 Å². The smallest absolute Gasteiger partial charge is 0.0964 e. The lowest BCUT2D eigenvalue weighted by atomic mass is 10.0. The maximum absolute atomic E-state index is 5.77. The summed E-state index contributed by atoms with van der Waals surface area (Å²) in [6, 6.07) is 0. The second-order valence-corrected chi connectivity index (χ2v) is 4.80. The molecule has 1 N–H and O–H groups in total. The second-order valence-electron chi connectivity index (χ2n) is 4.43. The number of aryl methyl sites for hydroxylation is 1. The Labute approximate surface area is 95.0 Å². The minimum absolute atomic E-state index is 0.490. The first-order valence-electron chi connectivity index (χ1n) is 5.36. The van der Waals surface area contributed by atoms with Gasteiger partial charge >= 0.3 is 0 Å². The lowest BCUT2D eigenvalue weighted by molar-refractivity contribution is 0.444. The van der Waals surface area contributed by atoms with Crippen molar-refractivity contribution in [1.29, 1.82) is 0 Å². The number of nitrogens with zero attached hydrogens (tertiary/aromatic N) is 3. The van der Waals surface area contributed by atoms with Gasteiger partial charge in [0.2, 0.25) is 0 Å². The molecule has 0 spiro atoms. The van der Waals surface area contributed by atoms with Crippen molar-refractivity contribution in [2.75, 3.05) is 12.4 Å². The Morgan fingerprint density at radius 1 is 1.60 bits per heavy atom. The molecule has 0 aromatic carbocycles. The number of nitrogens with one attached hydrogen (secondary N) is 1. The zero-order valence-electron chi connectivity index (χ0n) is 9.04. The van der Waals surface area contributed by atoms with Crippen LogP contribution in [-0.4, -0.2) is 27.4 Å². The van der Waals surface area contributed by atoms with E-state index in [-0.39, 0.29) is 0 Å². The zero-order chi connectivity index (χ0) is 10.7. The number of aromatic nitrogens is 3. The van der Waals surface area contributed by atoms with Gasteiger partial charge in [-0.05, 0) is 24.7 Å². The van der Waals surface area contributed by atoms with Gasteiger partial charge < -0.3 is 5.32 Å². The van der Waals surface area contributed by atoms with E-state index in [0.717, 1.165) is 31.1 Å². The third-order valence-corrected chi connectivity index (χ3v) is 3.23. The van der Waals surface area contributed by atoms with Crippen molar-refractivity contribution < 1.29 is 0 Å². The SMILES string of the molecule is Cn1cc(CNCC2(CCCl)CC2)nn1. The lowest BCUT2D eigenvalue weighted by Gasteiger charge is -2.13. The molecule has 84 valence electrons. The first-order chi connectivity index (χ1) is 7.24. The van der Waals surface area contributed by atoms with Gasteiger partial charge in [0.15, 0.2) is 0 Å². The van der Waals surface area contributed by atoms with Gasteiger partial charge in [-0.3, -0.25) is 4.68 Å². The topological polar surface area (TPSA) is 42.7 Å². The van der Waals surface area contributed by atoms with Crippen molar-refractivity contribution in [2.24, 2.45) is 12.5 Å². The quantitative estimate of drug-likeness (QED) is 0.747. The number of rotatable bonds is 6. The molecule has 4 nitrogen and oxygen atoms in total. The summed E-state index contributed by atoms with van der Waals surface area (Å²) in [4.78, 5) is 0. The Bertz CT molecular complexity index is 319. The summed E-state index contributed by atoms with van der Waals surface area (Å²) in [5.74, 6) is 0.771. The molecule has 0 bridgehead atoms. The Morgan fingerprint density at radius 3 is 2.93 bits per heavy atom. The van der Waals surface area contributed by atoms with E-state index >= 15 is 0 Å². The van der Waals surface area contributed by atoms with E-state index in [1.165, 1.54) is 12.8 Å². The number of alkyl halides is 1. The predicted molar refractivity (Wildman–Crippen MR) is 59.7 cm³/mol. The van der Waals surface area contributed by atoms with Gasteiger partial charge in [-0.2, -0.15) is 0 Å². The molecule has 1 heterocycles. The predicted octanol–water partition coefficient (Wildman–Crippen LogP) is 1.31. The molecule has 0 saturated heterocycles. The standard InChI is InChI=1S/C10H17ClN4/c1-15-7-9(13-14-15)6-12-8-10(2-3-10)4-5-11/h7,12H,2-6,8H2,1H3. The van der Waals surface area contributed by atoms with Crippen molar-refractivity contribution >= 4 is 11.6 Å². The molecule has 15 heavy (non-hydrogen) atoms. The summed E-state index contributed by atoms with van der Waals surface area (Å²) in [6.45, 7) is 1.86. The summed E-state index contributed by atoms with van der Waals surface area (Å²) < 4.78 is 1.72. The molecule has 1 aromatic rings. The van der Waals surface area contributed by atoms with Crippen LogP contribution in [0.15, 0.2) is 6.20 Å². The van der Waals surface area contributed by atoms with E-state index in [4.69, 9.17) is 11.6 Å². The van der Waals surface area contributed by atoms with Crippen LogP contribution in [0.5, 0.6) is 0 Å². The molecule has 0 unspecified atom stereocenters. The summed E-state index contributed by atoms with van der Waals surface area (Å²) in [7, 11) is 1.88. The molecule has 0 radical (unpaired) electrons. The van der Waals surface area contributed by atoms with Crippen LogP contribution < -0.4 is 5.32 Å². The minimum Gasteiger partial charge on any atom is -0.311 e. The van der Waals surface area contributed by atoms with Crippen molar-refractivity contribution in [3.05, 3.63) is 11.9 Å². The van der Waals surface area contributed by atoms with Crippen LogP contribution in [0, 0.1) is 5.41 Å². The van der Waals surface area contributed by atoms with Gasteiger partial charge in [-0.15, -0.1) is 16.7 Å². The van der Waals surface area contributed by atoms with E-state index < -0.39 is 0 Å². The molecule has 0 atom stereocenters. The molecule has 1 aliphatic rings. The largest absolute Gasteiger partial charge is 0.311 e. The molecule has 5 heteroatoms. The minimum atomic E-state index is 0.490. The van der Waals surface area contributed by atoms with Gasteiger partial charge in [0.05, 0.1) is 5.69 Å².